The second-order valence-electron chi connectivity index (χ2n) is 4.83. The molecule has 2 aromatic rings. The van der Waals surface area contributed by atoms with Crippen molar-refractivity contribution < 1.29 is 9.66 Å². The second-order valence-corrected chi connectivity index (χ2v) is 4.83. The fourth-order valence-corrected chi connectivity index (χ4v) is 2.27. The number of ether oxygens (including phenoxy) is 1. The Morgan fingerprint density at radius 2 is 2.14 bits per heavy atom. The standard InChI is InChI=1S/C14H18N4O3/c1-9-5-6-13(18(19)20)12(7-9)15-8-11-10(2)16-17(3)14(11)21-4/h5-7,15H,8H2,1-4H3. The molecule has 0 saturated carbocycles. The number of methoxy groups -OCH3 is 1. The fourth-order valence-electron chi connectivity index (χ4n) is 2.27. The van der Waals surface area contributed by atoms with Crippen LogP contribution in [0.2, 0.25) is 0 Å². The lowest BCUT2D eigenvalue weighted by molar-refractivity contribution is -0.384. The molecule has 0 amide bonds. The number of aryl methyl sites for hydroxylation is 3. The van der Waals surface area contributed by atoms with Gasteiger partial charge in [-0.2, -0.15) is 5.10 Å². The average Bonchev–Trinajstić information content (AvgIpc) is 2.69. The maximum absolute atomic E-state index is 11.1. The molecule has 1 aromatic carbocycles. The molecule has 112 valence electrons. The third-order valence-corrected chi connectivity index (χ3v) is 3.29. The molecule has 0 aliphatic rings. The van der Waals surface area contributed by atoms with Crippen molar-refractivity contribution in [2.24, 2.45) is 7.05 Å². The molecule has 0 spiro atoms. The van der Waals surface area contributed by atoms with Gasteiger partial charge in [0.05, 0.1) is 23.3 Å². The van der Waals surface area contributed by atoms with Crippen molar-refractivity contribution in [3.05, 3.63) is 45.1 Å². The zero-order valence-electron chi connectivity index (χ0n) is 12.5. The highest BCUT2D eigenvalue weighted by atomic mass is 16.6. The SMILES string of the molecule is COc1c(CNc2cc(C)ccc2[N+](=O)[O-])c(C)nn1C. The van der Waals surface area contributed by atoms with Crippen molar-refractivity contribution in [3.8, 4) is 5.88 Å². The molecule has 0 atom stereocenters. The molecule has 0 radical (unpaired) electrons. The van der Waals surface area contributed by atoms with E-state index in [2.05, 4.69) is 10.4 Å². The molecular formula is C14H18N4O3. The van der Waals surface area contributed by atoms with Crippen molar-refractivity contribution in [3.63, 3.8) is 0 Å². The number of nitrogens with one attached hydrogen (secondary N) is 1. The highest BCUT2D eigenvalue weighted by Crippen LogP contribution is 2.28. The van der Waals surface area contributed by atoms with Crippen LogP contribution in [0, 0.1) is 24.0 Å². The molecule has 2 rings (SSSR count). The van der Waals surface area contributed by atoms with Crippen LogP contribution in [0.5, 0.6) is 5.88 Å². The molecule has 1 heterocycles. The highest BCUT2D eigenvalue weighted by Gasteiger charge is 2.17. The number of hydrogen-bond donors (Lipinski definition) is 1. The van der Waals surface area contributed by atoms with Crippen molar-refractivity contribution in [2.75, 3.05) is 12.4 Å². The Kier molecular flexibility index (Phi) is 4.11. The molecular weight excluding hydrogens is 272 g/mol. The number of nitrogens with zero attached hydrogens (tertiary/aromatic N) is 3. The molecule has 0 unspecified atom stereocenters. The number of nitro benzene ring substituents is 1. The molecule has 21 heavy (non-hydrogen) atoms. The summed E-state index contributed by atoms with van der Waals surface area (Å²) in [6, 6.07) is 4.99. The number of nitro groups is 1. The Morgan fingerprint density at radius 1 is 1.43 bits per heavy atom. The van der Waals surface area contributed by atoms with Gasteiger partial charge < -0.3 is 10.1 Å². The van der Waals surface area contributed by atoms with Gasteiger partial charge in [0.15, 0.2) is 0 Å². The van der Waals surface area contributed by atoms with Crippen LogP contribution in [0.15, 0.2) is 18.2 Å². The Balaban J connectivity index is 2.28. The Bertz CT molecular complexity index is 679. The first-order chi connectivity index (χ1) is 9.93. The van der Waals surface area contributed by atoms with Gasteiger partial charge in [0.25, 0.3) is 5.69 Å². The summed E-state index contributed by atoms with van der Waals surface area (Å²) in [5.74, 6) is 0.648. The van der Waals surface area contributed by atoms with Gasteiger partial charge in [-0.3, -0.25) is 10.1 Å². The number of hydrogen-bond acceptors (Lipinski definition) is 5. The minimum atomic E-state index is -0.394. The van der Waals surface area contributed by atoms with Crippen LogP contribution in [0.3, 0.4) is 0 Å². The molecule has 1 aromatic heterocycles. The van der Waals surface area contributed by atoms with Gasteiger partial charge in [-0.05, 0) is 25.5 Å². The lowest BCUT2D eigenvalue weighted by Gasteiger charge is -2.09. The quantitative estimate of drug-likeness (QED) is 0.676. The van der Waals surface area contributed by atoms with Crippen LogP contribution in [-0.2, 0) is 13.6 Å². The summed E-state index contributed by atoms with van der Waals surface area (Å²) in [4.78, 5) is 10.7. The van der Waals surface area contributed by atoms with Crippen LogP contribution in [0.1, 0.15) is 16.8 Å². The number of rotatable bonds is 5. The normalized spacial score (nSPS) is 10.5. The van der Waals surface area contributed by atoms with E-state index in [4.69, 9.17) is 4.74 Å². The summed E-state index contributed by atoms with van der Waals surface area (Å²) in [5, 5.41) is 18.5. The highest BCUT2D eigenvalue weighted by molar-refractivity contribution is 5.63. The first-order valence-corrected chi connectivity index (χ1v) is 6.49. The first kappa shape index (κ1) is 14.8. The van der Waals surface area contributed by atoms with Crippen LogP contribution < -0.4 is 10.1 Å². The zero-order valence-corrected chi connectivity index (χ0v) is 12.5. The third kappa shape index (κ3) is 2.96. The van der Waals surface area contributed by atoms with E-state index in [0.717, 1.165) is 16.8 Å². The van der Waals surface area contributed by atoms with E-state index in [1.807, 2.05) is 13.8 Å². The van der Waals surface area contributed by atoms with Crippen LogP contribution in [0.25, 0.3) is 0 Å². The van der Waals surface area contributed by atoms with Gasteiger partial charge in [-0.15, -0.1) is 0 Å². The molecule has 0 fully saturated rings. The van der Waals surface area contributed by atoms with E-state index < -0.39 is 4.92 Å². The lowest BCUT2D eigenvalue weighted by Crippen LogP contribution is -2.05. The van der Waals surface area contributed by atoms with E-state index in [1.165, 1.54) is 6.07 Å². The smallest absolute Gasteiger partial charge is 0.292 e. The van der Waals surface area contributed by atoms with Crippen LogP contribution >= 0.6 is 0 Å². The molecule has 0 aliphatic heterocycles. The predicted octanol–water partition coefficient (Wildman–Crippen LogP) is 2.57. The van der Waals surface area contributed by atoms with Gasteiger partial charge in [0, 0.05) is 19.7 Å². The summed E-state index contributed by atoms with van der Waals surface area (Å²) in [5.41, 5.74) is 3.22. The Morgan fingerprint density at radius 3 is 2.76 bits per heavy atom. The van der Waals surface area contributed by atoms with E-state index in [9.17, 15) is 10.1 Å². The van der Waals surface area contributed by atoms with Gasteiger partial charge in [0.1, 0.15) is 5.69 Å². The predicted molar refractivity (Wildman–Crippen MR) is 79.7 cm³/mol. The first-order valence-electron chi connectivity index (χ1n) is 6.49. The molecule has 1 N–H and O–H groups in total. The topological polar surface area (TPSA) is 82.2 Å². The summed E-state index contributed by atoms with van der Waals surface area (Å²) in [7, 11) is 3.37. The number of benzene rings is 1. The summed E-state index contributed by atoms with van der Waals surface area (Å²) < 4.78 is 6.96. The zero-order chi connectivity index (χ0) is 15.6. The molecule has 7 heteroatoms. The van der Waals surface area contributed by atoms with Crippen LogP contribution in [-0.4, -0.2) is 21.8 Å². The van der Waals surface area contributed by atoms with E-state index >= 15 is 0 Å². The Labute approximate surface area is 122 Å². The molecule has 0 bridgehead atoms. The van der Waals surface area contributed by atoms with Crippen LogP contribution in [0.4, 0.5) is 11.4 Å². The minimum absolute atomic E-state index is 0.0566. The van der Waals surface area contributed by atoms with Gasteiger partial charge >= 0.3 is 0 Å². The van der Waals surface area contributed by atoms with E-state index in [0.29, 0.717) is 18.1 Å². The fraction of sp³-hybridized carbons (Fsp3) is 0.357. The summed E-state index contributed by atoms with van der Waals surface area (Å²) >= 11 is 0. The van der Waals surface area contributed by atoms with Gasteiger partial charge in [0.2, 0.25) is 5.88 Å². The monoisotopic (exact) mass is 290 g/mol. The van der Waals surface area contributed by atoms with Crippen molar-refractivity contribution in [2.45, 2.75) is 20.4 Å². The second kappa shape index (κ2) is 5.82. The third-order valence-electron chi connectivity index (χ3n) is 3.29. The largest absolute Gasteiger partial charge is 0.481 e. The van der Waals surface area contributed by atoms with E-state index in [-0.39, 0.29) is 5.69 Å². The van der Waals surface area contributed by atoms with Crippen molar-refractivity contribution >= 4 is 11.4 Å². The average molecular weight is 290 g/mol. The molecule has 0 aliphatic carbocycles. The Hall–Kier alpha value is -2.57. The molecule has 0 saturated heterocycles. The van der Waals surface area contributed by atoms with Gasteiger partial charge in [-0.1, -0.05) is 6.07 Å². The van der Waals surface area contributed by atoms with Crippen molar-refractivity contribution in [1.29, 1.82) is 0 Å². The molecule has 7 nitrogen and oxygen atoms in total. The van der Waals surface area contributed by atoms with Gasteiger partial charge in [-0.25, -0.2) is 4.68 Å². The van der Waals surface area contributed by atoms with E-state index in [1.54, 1.807) is 31.0 Å². The number of aromatic nitrogens is 2. The maximum Gasteiger partial charge on any atom is 0.292 e. The van der Waals surface area contributed by atoms with Crippen molar-refractivity contribution in [1.82, 2.24) is 9.78 Å². The lowest BCUT2D eigenvalue weighted by atomic mass is 10.2. The maximum atomic E-state index is 11.1. The number of anilines is 1. The minimum Gasteiger partial charge on any atom is -0.481 e. The summed E-state index contributed by atoms with van der Waals surface area (Å²) in [6.07, 6.45) is 0. The summed E-state index contributed by atoms with van der Waals surface area (Å²) in [6.45, 7) is 4.18.